The SMILES string of the molecule is CC1CN(CCOc2ccc3[nH]c(-c4cccn(C(N)=O)c4=O)cc3c2)CC(C)O1. The Morgan fingerprint density at radius 3 is 2.73 bits per heavy atom. The molecule has 1 amide bonds. The van der Waals surface area contributed by atoms with Crippen molar-refractivity contribution in [1.29, 1.82) is 0 Å². The predicted octanol–water partition coefficient (Wildman–Crippen LogP) is 2.41. The molecular weight excluding hydrogens is 384 g/mol. The fourth-order valence-corrected chi connectivity index (χ4v) is 3.98. The molecule has 8 heteroatoms. The van der Waals surface area contributed by atoms with E-state index in [0.29, 0.717) is 17.9 Å². The number of carbonyl (C=O) groups excluding carboxylic acids is 1. The van der Waals surface area contributed by atoms with Crippen LogP contribution in [0.1, 0.15) is 13.8 Å². The van der Waals surface area contributed by atoms with Gasteiger partial charge in [-0.15, -0.1) is 0 Å². The maximum Gasteiger partial charge on any atom is 0.325 e. The number of ether oxygens (including phenoxy) is 2. The average molecular weight is 410 g/mol. The number of carbonyl (C=O) groups is 1. The Labute approximate surface area is 174 Å². The molecule has 0 saturated carbocycles. The van der Waals surface area contributed by atoms with Crippen LogP contribution in [-0.2, 0) is 4.74 Å². The molecule has 2 atom stereocenters. The van der Waals surface area contributed by atoms with Gasteiger partial charge in [-0.3, -0.25) is 9.69 Å². The van der Waals surface area contributed by atoms with Crippen molar-refractivity contribution in [3.05, 3.63) is 52.9 Å². The Morgan fingerprint density at radius 2 is 2.00 bits per heavy atom. The number of nitrogens with one attached hydrogen (secondary N) is 1. The number of H-pyrrole nitrogens is 1. The van der Waals surface area contributed by atoms with Crippen molar-refractivity contribution in [3.8, 4) is 17.0 Å². The van der Waals surface area contributed by atoms with Crippen molar-refractivity contribution in [2.75, 3.05) is 26.2 Å². The summed E-state index contributed by atoms with van der Waals surface area (Å²) in [6.07, 6.45) is 1.83. The summed E-state index contributed by atoms with van der Waals surface area (Å²) in [6.45, 7) is 7.43. The maximum atomic E-state index is 12.5. The Bertz CT molecular complexity index is 1110. The molecule has 3 N–H and O–H groups in total. The van der Waals surface area contributed by atoms with Gasteiger partial charge in [-0.05, 0) is 50.2 Å². The van der Waals surface area contributed by atoms with E-state index in [-0.39, 0.29) is 12.2 Å². The third-order valence-corrected chi connectivity index (χ3v) is 5.24. The number of aromatic nitrogens is 2. The summed E-state index contributed by atoms with van der Waals surface area (Å²) in [6, 6.07) is 10.1. The summed E-state index contributed by atoms with van der Waals surface area (Å²) < 4.78 is 12.6. The highest BCUT2D eigenvalue weighted by molar-refractivity contribution is 5.87. The second kappa shape index (κ2) is 8.33. The van der Waals surface area contributed by atoms with Crippen LogP contribution in [0.3, 0.4) is 0 Å². The highest BCUT2D eigenvalue weighted by Gasteiger charge is 2.21. The number of benzene rings is 1. The number of fused-ring (bicyclic) bond motifs is 1. The van der Waals surface area contributed by atoms with Gasteiger partial charge in [0.1, 0.15) is 12.4 Å². The molecule has 1 aliphatic rings. The lowest BCUT2D eigenvalue weighted by Crippen LogP contribution is -2.46. The fourth-order valence-electron chi connectivity index (χ4n) is 3.98. The first-order chi connectivity index (χ1) is 14.4. The third kappa shape index (κ3) is 4.24. The molecular formula is C22H26N4O4. The van der Waals surface area contributed by atoms with Gasteiger partial charge in [0.2, 0.25) is 0 Å². The highest BCUT2D eigenvalue weighted by Crippen LogP contribution is 2.25. The highest BCUT2D eigenvalue weighted by atomic mass is 16.5. The Balaban J connectivity index is 1.47. The number of pyridine rings is 1. The topological polar surface area (TPSA) is 103 Å². The zero-order valence-electron chi connectivity index (χ0n) is 17.1. The van der Waals surface area contributed by atoms with E-state index in [1.165, 1.54) is 6.20 Å². The predicted molar refractivity (Wildman–Crippen MR) is 115 cm³/mol. The van der Waals surface area contributed by atoms with E-state index in [0.717, 1.165) is 40.9 Å². The molecule has 1 aromatic carbocycles. The quantitative estimate of drug-likeness (QED) is 0.672. The molecule has 3 heterocycles. The second-order valence-corrected chi connectivity index (χ2v) is 7.73. The van der Waals surface area contributed by atoms with Gasteiger partial charge in [0, 0.05) is 36.7 Å². The summed E-state index contributed by atoms with van der Waals surface area (Å²) in [5.41, 5.74) is 6.68. The van der Waals surface area contributed by atoms with Crippen LogP contribution >= 0.6 is 0 Å². The molecule has 1 aliphatic heterocycles. The number of morpholine rings is 1. The normalized spacial score (nSPS) is 19.8. The molecule has 0 bridgehead atoms. The molecule has 4 rings (SSSR count). The van der Waals surface area contributed by atoms with Gasteiger partial charge in [0.25, 0.3) is 5.56 Å². The number of hydrogen-bond donors (Lipinski definition) is 2. The molecule has 0 aliphatic carbocycles. The summed E-state index contributed by atoms with van der Waals surface area (Å²) in [5, 5.41) is 0.921. The lowest BCUT2D eigenvalue weighted by Gasteiger charge is -2.35. The van der Waals surface area contributed by atoms with Crippen molar-refractivity contribution in [2.24, 2.45) is 5.73 Å². The average Bonchev–Trinajstić information content (AvgIpc) is 3.10. The van der Waals surface area contributed by atoms with E-state index in [4.69, 9.17) is 15.2 Å². The number of primary amides is 1. The van der Waals surface area contributed by atoms with E-state index < -0.39 is 11.6 Å². The Kier molecular flexibility index (Phi) is 5.61. The van der Waals surface area contributed by atoms with E-state index >= 15 is 0 Å². The van der Waals surface area contributed by atoms with Gasteiger partial charge in [-0.25, -0.2) is 9.36 Å². The van der Waals surface area contributed by atoms with Gasteiger partial charge in [-0.1, -0.05) is 0 Å². The minimum atomic E-state index is -0.808. The molecule has 2 unspecified atom stereocenters. The minimum absolute atomic E-state index is 0.237. The van der Waals surface area contributed by atoms with Crippen molar-refractivity contribution >= 4 is 16.9 Å². The summed E-state index contributed by atoms with van der Waals surface area (Å²) in [5.74, 6) is 0.769. The first kappa shape index (κ1) is 20.2. The van der Waals surface area contributed by atoms with Crippen molar-refractivity contribution in [1.82, 2.24) is 14.5 Å². The van der Waals surface area contributed by atoms with Crippen LogP contribution in [0.25, 0.3) is 22.2 Å². The van der Waals surface area contributed by atoms with E-state index in [1.54, 1.807) is 12.1 Å². The van der Waals surface area contributed by atoms with Crippen LogP contribution in [0.5, 0.6) is 5.75 Å². The molecule has 0 radical (unpaired) electrons. The van der Waals surface area contributed by atoms with Crippen LogP contribution in [0.2, 0.25) is 0 Å². The Hall–Kier alpha value is -3.10. The lowest BCUT2D eigenvalue weighted by atomic mass is 10.2. The van der Waals surface area contributed by atoms with Gasteiger partial charge in [0.15, 0.2) is 0 Å². The number of amides is 1. The first-order valence-corrected chi connectivity index (χ1v) is 10.1. The summed E-state index contributed by atoms with van der Waals surface area (Å²) in [7, 11) is 0. The lowest BCUT2D eigenvalue weighted by molar-refractivity contribution is -0.0699. The Morgan fingerprint density at radius 1 is 1.23 bits per heavy atom. The first-order valence-electron chi connectivity index (χ1n) is 10.1. The van der Waals surface area contributed by atoms with Crippen LogP contribution in [0.15, 0.2) is 47.4 Å². The number of nitrogens with two attached hydrogens (primary N) is 1. The van der Waals surface area contributed by atoms with Gasteiger partial charge < -0.3 is 20.2 Å². The standard InChI is InChI=1S/C22H26N4O4/c1-14-12-25(13-15(2)30-14)8-9-29-17-5-6-19-16(10-17)11-20(24-19)18-4-3-7-26(21(18)27)22(23)28/h3-7,10-11,14-15,24H,8-9,12-13H2,1-2H3,(H2,23,28). The van der Waals surface area contributed by atoms with Crippen LogP contribution in [-0.4, -0.2) is 58.9 Å². The van der Waals surface area contributed by atoms with E-state index in [1.807, 2.05) is 24.3 Å². The molecule has 1 saturated heterocycles. The van der Waals surface area contributed by atoms with Crippen LogP contribution in [0, 0.1) is 0 Å². The minimum Gasteiger partial charge on any atom is -0.492 e. The summed E-state index contributed by atoms with van der Waals surface area (Å²) in [4.78, 5) is 29.5. The van der Waals surface area contributed by atoms with Gasteiger partial charge >= 0.3 is 6.03 Å². The van der Waals surface area contributed by atoms with E-state index in [2.05, 4.69) is 23.7 Å². The second-order valence-electron chi connectivity index (χ2n) is 7.73. The smallest absolute Gasteiger partial charge is 0.325 e. The molecule has 0 spiro atoms. The van der Waals surface area contributed by atoms with Gasteiger partial charge in [-0.2, -0.15) is 0 Å². The molecule has 30 heavy (non-hydrogen) atoms. The van der Waals surface area contributed by atoms with Crippen LogP contribution in [0.4, 0.5) is 4.79 Å². The number of hydrogen-bond acceptors (Lipinski definition) is 5. The largest absolute Gasteiger partial charge is 0.492 e. The van der Waals surface area contributed by atoms with Crippen LogP contribution < -0.4 is 16.0 Å². The number of rotatable bonds is 5. The zero-order chi connectivity index (χ0) is 21.3. The monoisotopic (exact) mass is 410 g/mol. The number of aromatic amines is 1. The number of nitrogens with zero attached hydrogens (tertiary/aromatic N) is 2. The molecule has 3 aromatic rings. The van der Waals surface area contributed by atoms with Crippen molar-refractivity contribution in [2.45, 2.75) is 26.1 Å². The van der Waals surface area contributed by atoms with Crippen molar-refractivity contribution < 1.29 is 14.3 Å². The summed E-state index contributed by atoms with van der Waals surface area (Å²) >= 11 is 0. The molecule has 8 nitrogen and oxygen atoms in total. The third-order valence-electron chi connectivity index (χ3n) is 5.24. The van der Waals surface area contributed by atoms with Crippen molar-refractivity contribution in [3.63, 3.8) is 0 Å². The molecule has 158 valence electrons. The maximum absolute atomic E-state index is 12.5. The van der Waals surface area contributed by atoms with Gasteiger partial charge in [0.05, 0.1) is 23.5 Å². The molecule has 1 fully saturated rings. The van der Waals surface area contributed by atoms with E-state index in [9.17, 15) is 9.59 Å². The molecule has 2 aromatic heterocycles. The zero-order valence-corrected chi connectivity index (χ0v) is 17.1. The fraction of sp³-hybridized carbons (Fsp3) is 0.364.